The Morgan fingerprint density at radius 2 is 2.14 bits per heavy atom. The van der Waals surface area contributed by atoms with Crippen molar-refractivity contribution in [2.45, 2.75) is 38.5 Å². The molecule has 1 aromatic carbocycles. The molecule has 1 aliphatic rings. The predicted molar refractivity (Wildman–Crippen MR) is 83.9 cm³/mol. The fourth-order valence-electron chi connectivity index (χ4n) is 2.87. The lowest BCUT2D eigenvalue weighted by Crippen LogP contribution is -2.24. The molecule has 0 saturated heterocycles. The van der Waals surface area contributed by atoms with E-state index in [2.05, 4.69) is 17.2 Å². The highest BCUT2D eigenvalue weighted by molar-refractivity contribution is 5.94. The van der Waals surface area contributed by atoms with Gasteiger partial charge in [-0.25, -0.2) is 0 Å². The maximum Gasteiger partial charge on any atom is 0.251 e. The van der Waals surface area contributed by atoms with Crippen LogP contribution in [0.25, 0.3) is 0 Å². The van der Waals surface area contributed by atoms with E-state index < -0.39 is 0 Å². The maximum absolute atomic E-state index is 12.1. The zero-order valence-electron chi connectivity index (χ0n) is 12.4. The number of hydrogen-bond donors (Lipinski definition) is 2. The van der Waals surface area contributed by atoms with Crippen LogP contribution in [0.2, 0.25) is 0 Å². The Kier molecular flexibility index (Phi) is 6.30. The summed E-state index contributed by atoms with van der Waals surface area (Å²) in [5, 5.41) is 11.7. The van der Waals surface area contributed by atoms with Crippen LogP contribution < -0.4 is 5.32 Å². The van der Waals surface area contributed by atoms with Crippen molar-refractivity contribution >= 4 is 5.91 Å². The molecule has 0 bridgehead atoms. The first-order valence-corrected chi connectivity index (χ1v) is 7.77. The van der Waals surface area contributed by atoms with Crippen LogP contribution in [0.4, 0.5) is 0 Å². The summed E-state index contributed by atoms with van der Waals surface area (Å²) in [5.41, 5.74) is 1.38. The van der Waals surface area contributed by atoms with Gasteiger partial charge >= 0.3 is 0 Å². The Labute approximate surface area is 126 Å². The van der Waals surface area contributed by atoms with E-state index >= 15 is 0 Å². The molecule has 0 radical (unpaired) electrons. The highest BCUT2D eigenvalue weighted by Crippen LogP contribution is 2.28. The lowest BCUT2D eigenvalue weighted by Gasteiger charge is -2.09. The highest BCUT2D eigenvalue weighted by atomic mass is 16.2. The number of aliphatic hydroxyl groups excluding tert-OH is 1. The van der Waals surface area contributed by atoms with Crippen molar-refractivity contribution in [2.75, 3.05) is 13.2 Å². The standard InChI is InChI=1S/C18H23NO2/c20-13-5-10-16-8-3-11-17(14-16)18(21)19-12-4-9-15-6-1-2-7-15/h3,8,11,14-15,20H,1-2,4,6-7,9,12-13H2,(H,19,21). The van der Waals surface area contributed by atoms with Gasteiger partial charge < -0.3 is 10.4 Å². The van der Waals surface area contributed by atoms with Gasteiger partial charge in [-0.3, -0.25) is 4.79 Å². The molecule has 1 aromatic rings. The SMILES string of the molecule is O=C(NCCCC1CCCC1)c1cccc(C#CCO)c1. The van der Waals surface area contributed by atoms with Gasteiger partial charge in [-0.1, -0.05) is 43.6 Å². The summed E-state index contributed by atoms with van der Waals surface area (Å²) in [6.07, 6.45) is 7.75. The smallest absolute Gasteiger partial charge is 0.251 e. The second kappa shape index (κ2) is 8.49. The van der Waals surface area contributed by atoms with E-state index in [1.165, 1.54) is 32.1 Å². The quantitative estimate of drug-likeness (QED) is 0.645. The zero-order chi connectivity index (χ0) is 14.9. The summed E-state index contributed by atoms with van der Waals surface area (Å²) >= 11 is 0. The third kappa shape index (κ3) is 5.24. The number of carbonyl (C=O) groups excluding carboxylic acids is 1. The van der Waals surface area contributed by atoms with Crippen molar-refractivity contribution < 1.29 is 9.90 Å². The van der Waals surface area contributed by atoms with Crippen molar-refractivity contribution in [3.05, 3.63) is 35.4 Å². The molecular formula is C18H23NO2. The molecule has 0 unspecified atom stereocenters. The Hall–Kier alpha value is -1.79. The first kappa shape index (κ1) is 15.6. The highest BCUT2D eigenvalue weighted by Gasteiger charge is 2.14. The largest absolute Gasteiger partial charge is 0.384 e. The molecular weight excluding hydrogens is 262 g/mol. The zero-order valence-corrected chi connectivity index (χ0v) is 12.4. The lowest BCUT2D eigenvalue weighted by atomic mass is 10.0. The van der Waals surface area contributed by atoms with Crippen molar-refractivity contribution in [3.63, 3.8) is 0 Å². The van der Waals surface area contributed by atoms with Crippen LogP contribution in [0.3, 0.4) is 0 Å². The van der Waals surface area contributed by atoms with Crippen LogP contribution in [0.15, 0.2) is 24.3 Å². The third-order valence-electron chi connectivity index (χ3n) is 3.99. The van der Waals surface area contributed by atoms with E-state index in [9.17, 15) is 4.79 Å². The van der Waals surface area contributed by atoms with Gasteiger partial charge in [0.15, 0.2) is 0 Å². The van der Waals surface area contributed by atoms with E-state index in [1.54, 1.807) is 12.1 Å². The van der Waals surface area contributed by atoms with Gasteiger partial charge in [-0.05, 0) is 37.0 Å². The Morgan fingerprint density at radius 3 is 2.90 bits per heavy atom. The molecule has 0 aliphatic heterocycles. The second-order valence-corrected chi connectivity index (χ2v) is 5.59. The van der Waals surface area contributed by atoms with Gasteiger partial charge in [-0.2, -0.15) is 0 Å². The molecule has 2 N–H and O–H groups in total. The van der Waals surface area contributed by atoms with Gasteiger partial charge in [0.2, 0.25) is 0 Å². The first-order valence-electron chi connectivity index (χ1n) is 7.77. The molecule has 0 heterocycles. The summed E-state index contributed by atoms with van der Waals surface area (Å²) in [6.45, 7) is 0.569. The molecule has 3 heteroatoms. The van der Waals surface area contributed by atoms with Crippen molar-refractivity contribution in [3.8, 4) is 11.8 Å². The molecule has 112 valence electrons. The van der Waals surface area contributed by atoms with E-state index in [-0.39, 0.29) is 12.5 Å². The van der Waals surface area contributed by atoms with Crippen molar-refractivity contribution in [1.29, 1.82) is 0 Å². The van der Waals surface area contributed by atoms with Crippen LogP contribution in [0.5, 0.6) is 0 Å². The van der Waals surface area contributed by atoms with Gasteiger partial charge in [-0.15, -0.1) is 0 Å². The Morgan fingerprint density at radius 1 is 1.33 bits per heavy atom. The van der Waals surface area contributed by atoms with E-state index in [4.69, 9.17) is 5.11 Å². The first-order chi connectivity index (χ1) is 10.3. The average Bonchev–Trinajstić information content (AvgIpc) is 3.03. The number of amides is 1. The van der Waals surface area contributed by atoms with Crippen LogP contribution in [-0.2, 0) is 0 Å². The third-order valence-corrected chi connectivity index (χ3v) is 3.99. The molecule has 1 saturated carbocycles. The van der Waals surface area contributed by atoms with E-state index in [1.807, 2.05) is 12.1 Å². The fourth-order valence-corrected chi connectivity index (χ4v) is 2.87. The van der Waals surface area contributed by atoms with Gasteiger partial charge in [0, 0.05) is 17.7 Å². The maximum atomic E-state index is 12.1. The van der Waals surface area contributed by atoms with Crippen LogP contribution in [0.1, 0.15) is 54.4 Å². The topological polar surface area (TPSA) is 49.3 Å². The normalized spacial score (nSPS) is 14.5. The number of carbonyl (C=O) groups is 1. The lowest BCUT2D eigenvalue weighted by molar-refractivity contribution is 0.0952. The molecule has 0 atom stereocenters. The number of aliphatic hydroxyl groups is 1. The van der Waals surface area contributed by atoms with Crippen LogP contribution in [-0.4, -0.2) is 24.2 Å². The fraction of sp³-hybridized carbons (Fsp3) is 0.500. The van der Waals surface area contributed by atoms with Crippen molar-refractivity contribution in [2.24, 2.45) is 5.92 Å². The van der Waals surface area contributed by atoms with Gasteiger partial charge in [0.05, 0.1) is 0 Å². The molecule has 0 spiro atoms. The predicted octanol–water partition coefficient (Wildman–Crippen LogP) is 2.73. The Balaban J connectivity index is 1.77. The van der Waals surface area contributed by atoms with Gasteiger partial charge in [0.25, 0.3) is 5.91 Å². The molecule has 21 heavy (non-hydrogen) atoms. The summed E-state index contributed by atoms with van der Waals surface area (Å²) < 4.78 is 0. The summed E-state index contributed by atoms with van der Waals surface area (Å²) in [6, 6.07) is 7.19. The minimum absolute atomic E-state index is 0.0472. The molecule has 2 rings (SSSR count). The number of nitrogens with one attached hydrogen (secondary N) is 1. The summed E-state index contributed by atoms with van der Waals surface area (Å²) in [4.78, 5) is 12.1. The molecule has 0 aromatic heterocycles. The number of hydrogen-bond acceptors (Lipinski definition) is 2. The summed E-state index contributed by atoms with van der Waals surface area (Å²) in [7, 11) is 0. The Bertz CT molecular complexity index is 522. The number of rotatable bonds is 5. The van der Waals surface area contributed by atoms with Gasteiger partial charge in [0.1, 0.15) is 6.61 Å². The minimum atomic E-state index is -0.169. The molecule has 3 nitrogen and oxygen atoms in total. The average molecular weight is 285 g/mol. The molecule has 1 amide bonds. The van der Waals surface area contributed by atoms with E-state index in [0.29, 0.717) is 5.56 Å². The van der Waals surface area contributed by atoms with E-state index in [0.717, 1.165) is 24.4 Å². The molecule has 1 fully saturated rings. The van der Waals surface area contributed by atoms with Crippen LogP contribution >= 0.6 is 0 Å². The number of benzene rings is 1. The van der Waals surface area contributed by atoms with Crippen molar-refractivity contribution in [1.82, 2.24) is 5.32 Å². The second-order valence-electron chi connectivity index (χ2n) is 5.59. The minimum Gasteiger partial charge on any atom is -0.384 e. The molecule has 1 aliphatic carbocycles. The monoisotopic (exact) mass is 285 g/mol. The van der Waals surface area contributed by atoms with Crippen LogP contribution in [0, 0.1) is 17.8 Å². The summed E-state index contributed by atoms with van der Waals surface area (Å²) in [5.74, 6) is 6.23.